The molecule has 2 aromatic rings. The topological polar surface area (TPSA) is 163 Å². The number of anilines is 4. The summed E-state index contributed by atoms with van der Waals surface area (Å²) in [4.78, 5) is 31.6. The summed E-state index contributed by atoms with van der Waals surface area (Å²) in [5.74, 6) is 4.59. The molecule has 0 bridgehead atoms. The zero-order valence-corrected chi connectivity index (χ0v) is 38.4. The predicted molar refractivity (Wildman–Crippen MR) is 224 cm³/mol. The maximum atomic E-state index is 5.40. The summed E-state index contributed by atoms with van der Waals surface area (Å²) < 4.78 is 32.4. The van der Waals surface area contributed by atoms with Gasteiger partial charge in [-0.3, -0.25) is 0 Å². The van der Waals surface area contributed by atoms with Gasteiger partial charge in [-0.15, -0.1) is 0 Å². The van der Waals surface area contributed by atoms with Crippen molar-refractivity contribution in [1.29, 1.82) is 0 Å². The van der Waals surface area contributed by atoms with Crippen molar-refractivity contribution in [2.24, 2.45) is 0 Å². The normalized spacial score (nSPS) is 11.6. The fourth-order valence-electron chi connectivity index (χ4n) is 4.54. The van der Waals surface area contributed by atoms with Gasteiger partial charge in [0, 0.05) is 106 Å². The third-order valence-corrected chi connectivity index (χ3v) is 17.7. The lowest BCUT2D eigenvalue weighted by atomic mass is 10.5. The second-order valence-electron chi connectivity index (χ2n) is 10.5. The Morgan fingerprint density at radius 2 is 0.827 bits per heavy atom. The summed E-state index contributed by atoms with van der Waals surface area (Å²) in [7, 11) is 11.7. The Hall–Kier alpha value is -1.19. The molecule has 2 N–H and O–H groups in total. The highest BCUT2D eigenvalue weighted by Crippen LogP contribution is 2.35. The smallest absolute Gasteiger partial charge is 0.377 e. The summed E-state index contributed by atoms with van der Waals surface area (Å²) in [5, 5.41) is 7.60. The van der Waals surface area contributed by atoms with Gasteiger partial charge in [0.2, 0.25) is 34.1 Å². The molecule has 2 aromatic heterocycles. The molecule has 0 spiro atoms. The van der Waals surface area contributed by atoms with Crippen LogP contribution in [0, 0.1) is 0 Å². The summed E-state index contributed by atoms with van der Waals surface area (Å²) in [6.45, 7) is 17.2. The van der Waals surface area contributed by atoms with E-state index >= 15 is 0 Å². The van der Waals surface area contributed by atoms with Crippen molar-refractivity contribution in [3.8, 4) is 0 Å². The van der Waals surface area contributed by atoms with Gasteiger partial charge < -0.3 is 47.0 Å². The first-order chi connectivity index (χ1) is 25.1. The largest absolute Gasteiger partial charge is 0.500 e. The SMILES string of the molecule is CCNc1nc(SSc2nc(NCC)nc(N(CC)CC)n2)nc(N(CC)CC)n1.CO[Si](CCCSSCCC[Si](OC)(OC)OC)(OC)OC. The molecule has 0 unspecified atom stereocenters. The van der Waals surface area contributed by atoms with Crippen molar-refractivity contribution < 1.29 is 26.6 Å². The van der Waals surface area contributed by atoms with Gasteiger partial charge in [0.1, 0.15) is 0 Å². The van der Waals surface area contributed by atoms with E-state index in [2.05, 4.69) is 78.0 Å². The third-order valence-electron chi connectivity index (χ3n) is 7.53. The van der Waals surface area contributed by atoms with E-state index in [9.17, 15) is 0 Å². The molecule has 0 fully saturated rings. The minimum Gasteiger partial charge on any atom is -0.377 e. The maximum Gasteiger partial charge on any atom is 0.500 e. The zero-order chi connectivity index (χ0) is 38.8. The summed E-state index contributed by atoms with van der Waals surface area (Å²) in [6.07, 6.45) is 2.04. The molecule has 2 heterocycles. The first kappa shape index (κ1) is 48.8. The van der Waals surface area contributed by atoms with E-state index in [0.29, 0.717) is 34.1 Å². The van der Waals surface area contributed by atoms with Crippen molar-refractivity contribution in [2.45, 2.75) is 76.8 Å². The summed E-state index contributed by atoms with van der Waals surface area (Å²) in [6, 6.07) is 1.69. The monoisotopic (exact) mass is 842 g/mol. The van der Waals surface area contributed by atoms with E-state index in [-0.39, 0.29) is 0 Å². The van der Waals surface area contributed by atoms with Crippen LogP contribution >= 0.6 is 43.2 Å². The predicted octanol–water partition coefficient (Wildman–Crippen LogP) is 6.32. The minimum atomic E-state index is -2.40. The molecule has 0 aliphatic carbocycles. The van der Waals surface area contributed by atoms with Crippen LogP contribution in [0.2, 0.25) is 12.1 Å². The number of nitrogens with one attached hydrogen (secondary N) is 2. The van der Waals surface area contributed by atoms with Crippen LogP contribution < -0.4 is 20.4 Å². The summed E-state index contributed by atoms with van der Waals surface area (Å²) in [5.41, 5.74) is 0. The van der Waals surface area contributed by atoms with Gasteiger partial charge in [0.15, 0.2) is 0 Å². The van der Waals surface area contributed by atoms with Gasteiger partial charge in [-0.05, 0) is 76.0 Å². The molecule has 2 rings (SSSR count). The van der Waals surface area contributed by atoms with E-state index in [1.807, 2.05) is 35.4 Å². The molecule has 0 saturated heterocycles. The second-order valence-corrected chi connectivity index (χ2v) is 21.4. The molecule has 300 valence electrons. The number of rotatable bonds is 28. The van der Waals surface area contributed by atoms with E-state index in [1.165, 1.54) is 21.6 Å². The van der Waals surface area contributed by atoms with E-state index in [1.54, 1.807) is 42.7 Å². The van der Waals surface area contributed by atoms with Gasteiger partial charge in [-0.25, -0.2) is 0 Å². The van der Waals surface area contributed by atoms with E-state index < -0.39 is 17.6 Å². The standard InChI is InChI=1S/C18H32N10S2.C12H30O6S2Si2/c1-7-19-13-21-15(27(9-3)10-4)25-17(23-13)29-30-18-24-14(20-8-2)22-16(26-18)28(11-5)12-6;1-13-21(14-2,15-3)11-7-9-19-20-10-8-12-22(16-4,17-5)18-6/h7-12H2,1-6H3,(H,19,21,23,25)(H,20,22,24,26);7-12H2,1-6H3. The van der Waals surface area contributed by atoms with Crippen molar-refractivity contribution in [2.75, 3.05) is 114 Å². The Balaban J connectivity index is 0.000000548. The molecule has 52 heavy (non-hydrogen) atoms. The fourth-order valence-corrected chi connectivity index (χ4v) is 12.2. The Morgan fingerprint density at radius 3 is 1.10 bits per heavy atom. The number of aromatic nitrogens is 6. The molecule has 22 heteroatoms. The highest BCUT2D eigenvalue weighted by atomic mass is 33.1. The highest BCUT2D eigenvalue weighted by molar-refractivity contribution is 8.77. The van der Waals surface area contributed by atoms with Gasteiger partial charge in [0.25, 0.3) is 0 Å². The number of nitrogens with zero attached hydrogens (tertiary/aromatic N) is 8. The van der Waals surface area contributed by atoms with Crippen LogP contribution in [0.25, 0.3) is 0 Å². The summed E-state index contributed by atoms with van der Waals surface area (Å²) >= 11 is 0. The van der Waals surface area contributed by atoms with Gasteiger partial charge in [-0.2, -0.15) is 29.9 Å². The lowest BCUT2D eigenvalue weighted by molar-refractivity contribution is 0.123. The first-order valence-electron chi connectivity index (χ1n) is 17.5. The Morgan fingerprint density at radius 1 is 0.500 bits per heavy atom. The van der Waals surface area contributed by atoms with E-state index in [0.717, 1.165) is 75.7 Å². The lowest BCUT2D eigenvalue weighted by Gasteiger charge is -2.24. The molecule has 0 atom stereocenters. The second kappa shape index (κ2) is 28.3. The van der Waals surface area contributed by atoms with Crippen LogP contribution in [0.5, 0.6) is 0 Å². The zero-order valence-electron chi connectivity index (χ0n) is 33.1. The van der Waals surface area contributed by atoms with Crippen LogP contribution in [0.1, 0.15) is 54.4 Å². The van der Waals surface area contributed by atoms with Crippen molar-refractivity contribution >= 4 is 84.6 Å². The molecule has 0 amide bonds. The molecule has 16 nitrogen and oxygen atoms in total. The van der Waals surface area contributed by atoms with E-state index in [4.69, 9.17) is 26.6 Å². The maximum absolute atomic E-state index is 5.40. The Labute approximate surface area is 330 Å². The van der Waals surface area contributed by atoms with Crippen LogP contribution in [0.3, 0.4) is 0 Å². The number of hydrogen-bond acceptors (Lipinski definition) is 20. The van der Waals surface area contributed by atoms with Crippen LogP contribution in [-0.4, -0.2) is 141 Å². The van der Waals surface area contributed by atoms with Crippen molar-refractivity contribution in [3.63, 3.8) is 0 Å². The molecule has 0 aromatic carbocycles. The van der Waals surface area contributed by atoms with Crippen LogP contribution in [-0.2, 0) is 26.6 Å². The number of hydrogen-bond donors (Lipinski definition) is 2. The highest BCUT2D eigenvalue weighted by Gasteiger charge is 2.37. The van der Waals surface area contributed by atoms with Crippen LogP contribution in [0.4, 0.5) is 23.8 Å². The van der Waals surface area contributed by atoms with Crippen molar-refractivity contribution in [3.05, 3.63) is 0 Å². The Kier molecular flexibility index (Phi) is 26.5. The Bertz CT molecular complexity index is 1120. The molecular formula is C30H62N10O6S4Si2. The molecule has 0 aliphatic heterocycles. The average molecular weight is 843 g/mol. The molecule has 0 aliphatic rings. The first-order valence-corrected chi connectivity index (χ1v) is 26.0. The quantitative estimate of drug-likeness (QED) is 0.0556. The minimum absolute atomic E-state index is 0.574. The molecule has 0 radical (unpaired) electrons. The molecular weight excluding hydrogens is 781 g/mol. The fraction of sp³-hybridized carbons (Fsp3) is 0.800. The van der Waals surface area contributed by atoms with Crippen LogP contribution in [0.15, 0.2) is 10.3 Å². The van der Waals surface area contributed by atoms with Crippen molar-refractivity contribution in [1.82, 2.24) is 29.9 Å². The third kappa shape index (κ3) is 17.1. The lowest BCUT2D eigenvalue weighted by Crippen LogP contribution is -2.42. The van der Waals surface area contributed by atoms with Gasteiger partial charge in [-0.1, -0.05) is 21.6 Å². The molecule has 0 saturated carbocycles. The van der Waals surface area contributed by atoms with Gasteiger partial charge in [0.05, 0.1) is 0 Å². The van der Waals surface area contributed by atoms with Gasteiger partial charge >= 0.3 is 17.6 Å². The average Bonchev–Trinajstić information content (AvgIpc) is 3.17.